The summed E-state index contributed by atoms with van der Waals surface area (Å²) < 4.78 is 10.6. The van der Waals surface area contributed by atoms with E-state index < -0.39 is 11.5 Å². The molecule has 0 spiro atoms. The molecule has 0 saturated carbocycles. The van der Waals surface area contributed by atoms with Crippen molar-refractivity contribution in [3.05, 3.63) is 22.7 Å². The maximum absolute atomic E-state index is 11.3. The molecule has 0 aliphatic carbocycles. The van der Waals surface area contributed by atoms with E-state index in [1.165, 1.54) is 0 Å². The summed E-state index contributed by atoms with van der Waals surface area (Å²) in [5.74, 6) is -0.321. The van der Waals surface area contributed by atoms with E-state index in [1.807, 2.05) is 6.07 Å². The number of benzene rings is 1. The predicted molar refractivity (Wildman–Crippen MR) is 76.0 cm³/mol. The van der Waals surface area contributed by atoms with Gasteiger partial charge >= 0.3 is 5.97 Å². The Morgan fingerprint density at radius 1 is 1.60 bits per heavy atom. The van der Waals surface area contributed by atoms with Gasteiger partial charge in [-0.1, -0.05) is 17.7 Å². The summed E-state index contributed by atoms with van der Waals surface area (Å²) in [4.78, 5) is 11.3. The van der Waals surface area contributed by atoms with E-state index in [-0.39, 0.29) is 13.2 Å². The van der Waals surface area contributed by atoms with Gasteiger partial charge in [0.1, 0.15) is 11.8 Å². The lowest BCUT2D eigenvalue weighted by atomic mass is 10.3. The van der Waals surface area contributed by atoms with Gasteiger partial charge in [0, 0.05) is 0 Å². The summed E-state index contributed by atoms with van der Waals surface area (Å²) in [5, 5.41) is 16.0. The first-order valence-corrected chi connectivity index (χ1v) is 6.83. The smallest absolute Gasteiger partial charge is 0.348 e. The normalized spacial score (nSPS) is 11.9. The van der Waals surface area contributed by atoms with Gasteiger partial charge in [0.2, 0.25) is 5.50 Å². The second-order valence-electron chi connectivity index (χ2n) is 3.34. The van der Waals surface area contributed by atoms with Crippen LogP contribution < -0.4 is 4.74 Å². The molecule has 0 radical (unpaired) electrons. The Balaban J connectivity index is 2.89. The third kappa shape index (κ3) is 4.79. The number of halogens is 2. The van der Waals surface area contributed by atoms with Crippen LogP contribution >= 0.6 is 27.5 Å². The van der Waals surface area contributed by atoms with Gasteiger partial charge in [0.05, 0.1) is 11.1 Å². The third-order valence-electron chi connectivity index (χ3n) is 1.98. The number of azo groups is 1. The Labute approximate surface area is 129 Å². The zero-order valence-electron chi connectivity index (χ0n) is 10.5. The van der Waals surface area contributed by atoms with E-state index in [2.05, 4.69) is 26.2 Å². The fraction of sp³-hybridized carbons (Fsp3) is 0.333. The molecular formula is C12H11BrClN3O3. The highest BCUT2D eigenvalue weighted by Crippen LogP contribution is 2.35. The van der Waals surface area contributed by atoms with Crippen molar-refractivity contribution in [3.63, 3.8) is 0 Å². The first kappa shape index (κ1) is 16.4. The van der Waals surface area contributed by atoms with Gasteiger partial charge in [-0.05, 0) is 35.0 Å². The predicted octanol–water partition coefficient (Wildman–Crippen LogP) is 3.56. The van der Waals surface area contributed by atoms with Crippen molar-refractivity contribution in [2.24, 2.45) is 10.2 Å². The number of alkyl halides is 1. The van der Waals surface area contributed by atoms with E-state index in [1.54, 1.807) is 25.1 Å². The molecule has 1 unspecified atom stereocenters. The first-order valence-electron chi connectivity index (χ1n) is 5.60. The van der Waals surface area contributed by atoms with Crippen molar-refractivity contribution in [2.45, 2.75) is 12.4 Å². The van der Waals surface area contributed by atoms with Crippen LogP contribution in [0.15, 0.2) is 32.9 Å². The fourth-order valence-electron chi connectivity index (χ4n) is 1.19. The van der Waals surface area contributed by atoms with Gasteiger partial charge in [-0.15, -0.1) is 5.11 Å². The van der Waals surface area contributed by atoms with Crippen LogP contribution in [0.3, 0.4) is 0 Å². The fourth-order valence-corrected chi connectivity index (χ4v) is 1.77. The number of ether oxygens (including phenoxy) is 2. The van der Waals surface area contributed by atoms with Gasteiger partial charge in [-0.3, -0.25) is 0 Å². The maximum Gasteiger partial charge on any atom is 0.348 e. The van der Waals surface area contributed by atoms with Crippen molar-refractivity contribution in [1.29, 1.82) is 5.26 Å². The average Bonchev–Trinajstić information content (AvgIpc) is 2.44. The van der Waals surface area contributed by atoms with Crippen molar-refractivity contribution in [3.8, 4) is 11.8 Å². The molecule has 6 nitrogen and oxygen atoms in total. The van der Waals surface area contributed by atoms with Crippen LogP contribution in [0.25, 0.3) is 0 Å². The maximum atomic E-state index is 11.3. The highest BCUT2D eigenvalue weighted by molar-refractivity contribution is 9.10. The minimum absolute atomic E-state index is 0.132. The number of esters is 1. The Morgan fingerprint density at radius 2 is 2.35 bits per heavy atom. The zero-order valence-corrected chi connectivity index (χ0v) is 12.9. The van der Waals surface area contributed by atoms with Crippen LogP contribution in [-0.2, 0) is 9.53 Å². The number of nitriles is 1. The summed E-state index contributed by atoms with van der Waals surface area (Å²) in [6.45, 7) is 1.75. The summed E-state index contributed by atoms with van der Waals surface area (Å²) in [6.07, 6.45) is 0. The molecule has 0 bridgehead atoms. The Kier molecular flexibility index (Phi) is 6.98. The monoisotopic (exact) mass is 359 g/mol. The minimum atomic E-state index is -1.22. The van der Waals surface area contributed by atoms with E-state index in [0.717, 1.165) is 0 Å². The van der Waals surface area contributed by atoms with Gasteiger partial charge in [0.25, 0.3) is 0 Å². The SMILES string of the molecule is CCOC(=O)C(Cl)/N=N/c1cccc(Br)c1OCC#N. The lowest BCUT2D eigenvalue weighted by Gasteiger charge is -2.07. The van der Waals surface area contributed by atoms with Crippen molar-refractivity contribution < 1.29 is 14.3 Å². The number of hydrogen-bond donors (Lipinski definition) is 0. The number of hydrogen-bond acceptors (Lipinski definition) is 6. The summed E-state index contributed by atoms with van der Waals surface area (Å²) in [5.41, 5.74) is -0.873. The minimum Gasteiger partial charge on any atom is -0.475 e. The molecule has 0 saturated heterocycles. The molecule has 0 heterocycles. The van der Waals surface area contributed by atoms with Crippen LogP contribution in [-0.4, -0.2) is 24.7 Å². The molecule has 1 aromatic carbocycles. The topological polar surface area (TPSA) is 84.0 Å². The van der Waals surface area contributed by atoms with Gasteiger partial charge in [-0.2, -0.15) is 10.4 Å². The highest BCUT2D eigenvalue weighted by atomic mass is 79.9. The number of carbonyl (C=O) groups excluding carboxylic acids is 1. The standard InChI is InChI=1S/C12H11BrClN3O3/c1-2-19-12(18)11(14)17-16-9-5-3-4-8(13)10(9)20-7-6-15/h3-5,11H,2,7H2,1H3/b17-16+. The summed E-state index contributed by atoms with van der Waals surface area (Å²) in [7, 11) is 0. The molecule has 20 heavy (non-hydrogen) atoms. The second-order valence-corrected chi connectivity index (χ2v) is 4.61. The Morgan fingerprint density at radius 3 is 3.00 bits per heavy atom. The molecule has 1 rings (SSSR count). The van der Waals surface area contributed by atoms with Crippen molar-refractivity contribution >= 4 is 39.2 Å². The van der Waals surface area contributed by atoms with Crippen LogP contribution in [0.1, 0.15) is 6.92 Å². The van der Waals surface area contributed by atoms with Gasteiger partial charge in [-0.25, -0.2) is 4.79 Å². The van der Waals surface area contributed by atoms with Crippen LogP contribution in [0, 0.1) is 11.3 Å². The third-order valence-corrected chi connectivity index (χ3v) is 2.87. The lowest BCUT2D eigenvalue weighted by molar-refractivity contribution is -0.142. The number of para-hydroxylation sites is 1. The van der Waals surface area contributed by atoms with Crippen molar-refractivity contribution in [2.75, 3.05) is 13.2 Å². The molecule has 0 fully saturated rings. The number of rotatable bonds is 6. The van der Waals surface area contributed by atoms with Crippen LogP contribution in [0.5, 0.6) is 5.75 Å². The van der Waals surface area contributed by atoms with Crippen LogP contribution in [0.4, 0.5) is 5.69 Å². The molecule has 1 atom stereocenters. The second kappa shape index (κ2) is 8.51. The van der Waals surface area contributed by atoms with Crippen molar-refractivity contribution in [1.82, 2.24) is 0 Å². The van der Waals surface area contributed by atoms with E-state index >= 15 is 0 Å². The molecule has 0 aromatic heterocycles. The summed E-state index contributed by atoms with van der Waals surface area (Å²) >= 11 is 8.99. The number of carbonyl (C=O) groups is 1. The Hall–Kier alpha value is -1.65. The molecule has 0 aliphatic rings. The van der Waals surface area contributed by atoms with Gasteiger partial charge in [0.15, 0.2) is 12.4 Å². The van der Waals surface area contributed by atoms with Gasteiger partial charge < -0.3 is 9.47 Å². The zero-order chi connectivity index (χ0) is 15.0. The van der Waals surface area contributed by atoms with E-state index in [9.17, 15) is 4.79 Å². The molecule has 0 aliphatic heterocycles. The quantitative estimate of drug-likeness (QED) is 0.336. The molecule has 106 valence electrons. The van der Waals surface area contributed by atoms with Crippen LogP contribution in [0.2, 0.25) is 0 Å². The molecule has 1 aromatic rings. The molecule has 0 amide bonds. The van der Waals surface area contributed by atoms with E-state index in [0.29, 0.717) is 15.9 Å². The summed E-state index contributed by atoms with van der Waals surface area (Å²) in [6, 6.07) is 6.92. The van der Waals surface area contributed by atoms with E-state index in [4.69, 9.17) is 26.3 Å². The number of nitrogens with zero attached hydrogens (tertiary/aromatic N) is 3. The first-order chi connectivity index (χ1) is 9.60. The lowest BCUT2D eigenvalue weighted by Crippen LogP contribution is -2.15. The molecule has 8 heteroatoms. The highest BCUT2D eigenvalue weighted by Gasteiger charge is 2.16. The average molecular weight is 361 g/mol. The molecule has 0 N–H and O–H groups in total. The molecular weight excluding hydrogens is 350 g/mol. The largest absolute Gasteiger partial charge is 0.475 e. The Bertz CT molecular complexity index is 545.